The van der Waals surface area contributed by atoms with Crippen LogP contribution in [0.3, 0.4) is 0 Å². The van der Waals surface area contributed by atoms with Crippen LogP contribution in [0.1, 0.15) is 30.3 Å². The highest BCUT2D eigenvalue weighted by atomic mass is 16.1. The fraction of sp³-hybridized carbons (Fsp3) is 0.333. The van der Waals surface area contributed by atoms with Crippen molar-refractivity contribution in [2.45, 2.75) is 32.7 Å². The van der Waals surface area contributed by atoms with Crippen molar-refractivity contribution in [1.82, 2.24) is 29.3 Å². The van der Waals surface area contributed by atoms with E-state index in [1.165, 1.54) is 0 Å². The summed E-state index contributed by atoms with van der Waals surface area (Å²) in [6.45, 7) is 5.63. The summed E-state index contributed by atoms with van der Waals surface area (Å²) in [5.74, 6) is 1.57. The van der Waals surface area contributed by atoms with Crippen LogP contribution in [0.5, 0.6) is 0 Å². The van der Waals surface area contributed by atoms with Gasteiger partial charge in [0.1, 0.15) is 5.82 Å². The minimum atomic E-state index is -0.0315. The fourth-order valence-corrected chi connectivity index (χ4v) is 4.25. The molecule has 0 amide bonds. The number of aromatic nitrogens is 6. The molecule has 0 aliphatic carbocycles. The summed E-state index contributed by atoms with van der Waals surface area (Å²) in [5, 5.41) is 4.51. The predicted molar refractivity (Wildman–Crippen MR) is 112 cm³/mol. The number of anilines is 1. The Balaban J connectivity index is 1.37. The van der Waals surface area contributed by atoms with E-state index in [0.717, 1.165) is 60.0 Å². The maximum Gasteiger partial charge on any atom is 0.326 e. The molecule has 1 aromatic carbocycles. The van der Waals surface area contributed by atoms with Crippen molar-refractivity contribution in [2.24, 2.45) is 0 Å². The van der Waals surface area contributed by atoms with Crippen LogP contribution in [0.4, 0.5) is 5.82 Å². The first-order valence-corrected chi connectivity index (χ1v) is 9.90. The van der Waals surface area contributed by atoms with Crippen LogP contribution in [0.15, 0.2) is 47.5 Å². The molecular weight excluding hydrogens is 366 g/mol. The average Bonchev–Trinajstić information content (AvgIpc) is 3.25. The zero-order valence-corrected chi connectivity index (χ0v) is 16.5. The van der Waals surface area contributed by atoms with E-state index < -0.39 is 0 Å². The molecule has 0 radical (unpaired) electrons. The summed E-state index contributed by atoms with van der Waals surface area (Å²) >= 11 is 0. The van der Waals surface area contributed by atoms with E-state index in [1.807, 2.05) is 53.4 Å². The van der Waals surface area contributed by atoms with Gasteiger partial charge in [0.15, 0.2) is 5.82 Å². The van der Waals surface area contributed by atoms with Gasteiger partial charge in [0.05, 0.1) is 29.1 Å². The van der Waals surface area contributed by atoms with E-state index in [2.05, 4.69) is 20.0 Å². The first kappa shape index (κ1) is 17.7. The quantitative estimate of drug-likeness (QED) is 0.582. The topological polar surface area (TPSA) is 84.6 Å². The van der Waals surface area contributed by atoms with E-state index in [4.69, 9.17) is 4.98 Å². The Morgan fingerprint density at radius 1 is 1.07 bits per heavy atom. The number of nitrogens with zero attached hydrogens (tertiary/aromatic N) is 6. The molecular formula is C21H23N7O. The van der Waals surface area contributed by atoms with Gasteiger partial charge < -0.3 is 9.88 Å². The number of piperidine rings is 1. The molecule has 0 saturated carbocycles. The molecule has 1 saturated heterocycles. The minimum absolute atomic E-state index is 0.0315. The summed E-state index contributed by atoms with van der Waals surface area (Å²) in [7, 11) is 0. The van der Waals surface area contributed by atoms with Crippen LogP contribution in [-0.4, -0.2) is 42.4 Å². The first-order valence-electron chi connectivity index (χ1n) is 9.90. The number of H-pyrrole nitrogens is 1. The number of hydrogen-bond donors (Lipinski definition) is 1. The smallest absolute Gasteiger partial charge is 0.326 e. The van der Waals surface area contributed by atoms with Crippen molar-refractivity contribution in [3.05, 3.63) is 64.6 Å². The van der Waals surface area contributed by atoms with Crippen molar-refractivity contribution in [2.75, 3.05) is 18.0 Å². The van der Waals surface area contributed by atoms with Crippen molar-refractivity contribution < 1.29 is 0 Å². The zero-order valence-electron chi connectivity index (χ0n) is 16.5. The molecule has 0 unspecified atom stereocenters. The second kappa shape index (κ2) is 6.88. The number of aryl methyl sites for hydroxylation is 2. The molecule has 4 aromatic rings. The minimum Gasteiger partial charge on any atom is -0.355 e. The van der Waals surface area contributed by atoms with E-state index in [-0.39, 0.29) is 11.7 Å². The monoisotopic (exact) mass is 389 g/mol. The highest BCUT2D eigenvalue weighted by Crippen LogP contribution is 2.27. The summed E-state index contributed by atoms with van der Waals surface area (Å²) < 4.78 is 3.73. The third-order valence-corrected chi connectivity index (χ3v) is 5.61. The van der Waals surface area contributed by atoms with E-state index in [0.29, 0.717) is 0 Å². The molecule has 3 aromatic heterocycles. The lowest BCUT2D eigenvalue weighted by Crippen LogP contribution is -2.37. The molecule has 1 N–H and O–H groups in total. The van der Waals surface area contributed by atoms with E-state index >= 15 is 0 Å². The average molecular weight is 389 g/mol. The SMILES string of the molecule is Cc1cc(C)n(-c2cncc(N3CCC(n4c(=O)[nH]c5ccccc54)CC3)n2)n1. The standard InChI is InChI=1S/C21H23N7O/c1-14-11-15(2)28(25-14)20-13-22-12-19(24-20)26-9-7-16(8-10-26)27-18-6-4-3-5-17(18)23-21(27)29/h3-6,11-13,16H,7-10H2,1-2H3,(H,23,29). The molecule has 148 valence electrons. The molecule has 1 fully saturated rings. The lowest BCUT2D eigenvalue weighted by molar-refractivity contribution is 0.395. The molecule has 0 spiro atoms. The second-order valence-electron chi connectivity index (χ2n) is 7.61. The van der Waals surface area contributed by atoms with E-state index in [1.54, 1.807) is 12.4 Å². The molecule has 1 aliphatic heterocycles. The van der Waals surface area contributed by atoms with Crippen LogP contribution in [0.25, 0.3) is 16.9 Å². The van der Waals surface area contributed by atoms with Gasteiger partial charge >= 0.3 is 5.69 Å². The Bertz CT molecular complexity index is 1230. The van der Waals surface area contributed by atoms with Crippen LogP contribution in [-0.2, 0) is 0 Å². The van der Waals surface area contributed by atoms with Crippen LogP contribution >= 0.6 is 0 Å². The highest BCUT2D eigenvalue weighted by molar-refractivity contribution is 5.75. The number of fused-ring (bicyclic) bond motifs is 1. The van der Waals surface area contributed by atoms with Gasteiger partial charge in [-0.3, -0.25) is 9.55 Å². The van der Waals surface area contributed by atoms with Crippen LogP contribution in [0.2, 0.25) is 0 Å². The van der Waals surface area contributed by atoms with Gasteiger partial charge in [0.2, 0.25) is 0 Å². The lowest BCUT2D eigenvalue weighted by Gasteiger charge is -2.33. The molecule has 4 heterocycles. The molecule has 0 atom stereocenters. The van der Waals surface area contributed by atoms with Crippen LogP contribution < -0.4 is 10.6 Å². The third kappa shape index (κ3) is 3.10. The Morgan fingerprint density at radius 2 is 1.83 bits per heavy atom. The Kier molecular flexibility index (Phi) is 4.19. The fourth-order valence-electron chi connectivity index (χ4n) is 4.25. The van der Waals surface area contributed by atoms with Crippen molar-refractivity contribution in [3.63, 3.8) is 0 Å². The highest BCUT2D eigenvalue weighted by Gasteiger charge is 2.24. The van der Waals surface area contributed by atoms with E-state index in [9.17, 15) is 4.79 Å². The van der Waals surface area contributed by atoms with Gasteiger partial charge in [-0.25, -0.2) is 14.5 Å². The molecule has 8 heteroatoms. The number of benzene rings is 1. The maximum atomic E-state index is 12.5. The van der Waals surface area contributed by atoms with Crippen molar-refractivity contribution >= 4 is 16.9 Å². The lowest BCUT2D eigenvalue weighted by atomic mass is 10.0. The Labute approximate surface area is 167 Å². The number of hydrogen-bond acceptors (Lipinski definition) is 5. The second-order valence-corrected chi connectivity index (χ2v) is 7.61. The zero-order chi connectivity index (χ0) is 20.0. The van der Waals surface area contributed by atoms with Gasteiger partial charge in [0, 0.05) is 24.8 Å². The molecule has 1 aliphatic rings. The number of imidazole rings is 1. The largest absolute Gasteiger partial charge is 0.355 e. The summed E-state index contributed by atoms with van der Waals surface area (Å²) in [4.78, 5) is 26.9. The van der Waals surface area contributed by atoms with Gasteiger partial charge in [-0.1, -0.05) is 12.1 Å². The molecule has 0 bridgehead atoms. The number of aromatic amines is 1. The van der Waals surface area contributed by atoms with Crippen LogP contribution in [0, 0.1) is 13.8 Å². The molecule has 29 heavy (non-hydrogen) atoms. The maximum absolute atomic E-state index is 12.5. The van der Waals surface area contributed by atoms with Crippen molar-refractivity contribution in [1.29, 1.82) is 0 Å². The van der Waals surface area contributed by atoms with Gasteiger partial charge in [-0.2, -0.15) is 5.10 Å². The molecule has 5 rings (SSSR count). The third-order valence-electron chi connectivity index (χ3n) is 5.61. The van der Waals surface area contributed by atoms with Gasteiger partial charge in [-0.15, -0.1) is 0 Å². The molecule has 8 nitrogen and oxygen atoms in total. The predicted octanol–water partition coefficient (Wildman–Crippen LogP) is 2.76. The number of nitrogens with one attached hydrogen (secondary N) is 1. The number of para-hydroxylation sites is 2. The summed E-state index contributed by atoms with van der Waals surface area (Å²) in [6.07, 6.45) is 5.30. The van der Waals surface area contributed by atoms with Gasteiger partial charge in [-0.05, 0) is 44.9 Å². The number of rotatable bonds is 3. The summed E-state index contributed by atoms with van der Waals surface area (Å²) in [6, 6.07) is 10.1. The van der Waals surface area contributed by atoms with Gasteiger partial charge in [0.25, 0.3) is 0 Å². The normalized spacial score (nSPS) is 15.3. The summed E-state index contributed by atoms with van der Waals surface area (Å²) in [5.41, 5.74) is 3.83. The Hall–Kier alpha value is -3.42. The first-order chi connectivity index (χ1) is 14.1. The Morgan fingerprint density at radius 3 is 2.59 bits per heavy atom. The van der Waals surface area contributed by atoms with Crippen molar-refractivity contribution in [3.8, 4) is 5.82 Å².